The summed E-state index contributed by atoms with van der Waals surface area (Å²) in [6, 6.07) is 6.25. The minimum atomic E-state index is -3.14. The maximum Gasteiger partial charge on any atom is 0.224 e. The first kappa shape index (κ1) is 16.0. The number of hydrogen-bond donors (Lipinski definition) is 1. The second-order valence-electron chi connectivity index (χ2n) is 6.11. The lowest BCUT2D eigenvalue weighted by atomic mass is 10.0. The lowest BCUT2D eigenvalue weighted by Gasteiger charge is -2.18. The molecule has 116 valence electrons. The van der Waals surface area contributed by atoms with Gasteiger partial charge < -0.3 is 5.32 Å². The van der Waals surface area contributed by atoms with E-state index in [1.807, 2.05) is 6.92 Å². The van der Waals surface area contributed by atoms with E-state index in [4.69, 9.17) is 0 Å². The number of carbonyl (C=O) groups is 1. The molecule has 0 unspecified atom stereocenters. The molecule has 5 heteroatoms. The van der Waals surface area contributed by atoms with Crippen LogP contribution in [0, 0.1) is 5.92 Å². The van der Waals surface area contributed by atoms with Crippen LogP contribution >= 0.6 is 0 Å². The van der Waals surface area contributed by atoms with Gasteiger partial charge in [-0.25, -0.2) is 8.42 Å². The lowest BCUT2D eigenvalue weighted by molar-refractivity contribution is -0.124. The van der Waals surface area contributed by atoms with Crippen molar-refractivity contribution in [2.75, 3.05) is 12.0 Å². The zero-order chi connectivity index (χ0) is 15.6. The first-order chi connectivity index (χ1) is 9.76. The Bertz CT molecular complexity index is 637. The second kappa shape index (κ2) is 6.18. The summed E-state index contributed by atoms with van der Waals surface area (Å²) in [5.74, 6) is -0.860. The Morgan fingerprint density at radius 3 is 2.57 bits per heavy atom. The number of carbonyl (C=O) groups excluding carboxylic acids is 1. The Labute approximate surface area is 126 Å². The summed E-state index contributed by atoms with van der Waals surface area (Å²) in [6.07, 6.45) is 4.60. The number of nitrogens with one attached hydrogen (secondary N) is 1. The number of amides is 1. The van der Waals surface area contributed by atoms with Crippen molar-refractivity contribution in [1.82, 2.24) is 5.32 Å². The minimum absolute atomic E-state index is 0.106. The van der Waals surface area contributed by atoms with Gasteiger partial charge in [0.05, 0.1) is 11.8 Å². The highest BCUT2D eigenvalue weighted by atomic mass is 32.2. The molecule has 4 nitrogen and oxygen atoms in total. The summed E-state index contributed by atoms with van der Waals surface area (Å²) in [6.45, 7) is 3.58. The largest absolute Gasteiger partial charge is 0.349 e. The predicted molar refractivity (Wildman–Crippen MR) is 83.9 cm³/mol. The molecule has 0 aromatic heterocycles. The van der Waals surface area contributed by atoms with E-state index in [1.54, 1.807) is 6.92 Å². The van der Waals surface area contributed by atoms with Gasteiger partial charge >= 0.3 is 0 Å². The fourth-order valence-electron chi connectivity index (χ4n) is 2.83. The molecule has 0 radical (unpaired) electrons. The molecule has 2 rings (SSSR count). The molecule has 0 bridgehead atoms. The molecule has 1 N–H and O–H groups in total. The SMILES string of the molecule is C[C@H](NC(=O)[C@@H](C)CS(C)(=O)=O)c1ccc2c(c1)CCC2. The van der Waals surface area contributed by atoms with E-state index < -0.39 is 15.8 Å². The molecule has 1 amide bonds. The predicted octanol–water partition coefficient (Wildman–Crippen LogP) is 2.03. The topological polar surface area (TPSA) is 63.2 Å². The van der Waals surface area contributed by atoms with Gasteiger partial charge in [-0.3, -0.25) is 4.79 Å². The number of benzene rings is 1. The van der Waals surface area contributed by atoms with Crippen molar-refractivity contribution in [3.05, 3.63) is 34.9 Å². The van der Waals surface area contributed by atoms with E-state index in [0.717, 1.165) is 24.7 Å². The van der Waals surface area contributed by atoms with Gasteiger partial charge in [-0.15, -0.1) is 0 Å². The van der Waals surface area contributed by atoms with Crippen LogP contribution in [0.2, 0.25) is 0 Å². The van der Waals surface area contributed by atoms with Crippen LogP contribution in [-0.4, -0.2) is 26.3 Å². The number of hydrogen-bond acceptors (Lipinski definition) is 3. The molecule has 1 aromatic rings. The van der Waals surface area contributed by atoms with Crippen molar-refractivity contribution in [3.63, 3.8) is 0 Å². The van der Waals surface area contributed by atoms with Crippen molar-refractivity contribution >= 4 is 15.7 Å². The highest BCUT2D eigenvalue weighted by molar-refractivity contribution is 7.90. The zero-order valence-corrected chi connectivity index (χ0v) is 13.7. The van der Waals surface area contributed by atoms with Crippen LogP contribution in [0.15, 0.2) is 18.2 Å². The molecule has 0 saturated heterocycles. The average molecular weight is 309 g/mol. The van der Waals surface area contributed by atoms with Crippen molar-refractivity contribution in [1.29, 1.82) is 0 Å². The molecule has 0 aliphatic heterocycles. The van der Waals surface area contributed by atoms with E-state index in [2.05, 4.69) is 23.5 Å². The normalized spacial score (nSPS) is 17.1. The van der Waals surface area contributed by atoms with E-state index in [-0.39, 0.29) is 17.7 Å². The summed E-state index contributed by atoms with van der Waals surface area (Å²) < 4.78 is 22.5. The molecule has 0 fully saturated rings. The fraction of sp³-hybridized carbons (Fsp3) is 0.562. The van der Waals surface area contributed by atoms with Gasteiger partial charge in [0.1, 0.15) is 9.84 Å². The molecule has 1 aliphatic rings. The maximum atomic E-state index is 12.1. The highest BCUT2D eigenvalue weighted by Crippen LogP contribution is 2.25. The third-order valence-electron chi connectivity index (χ3n) is 3.98. The van der Waals surface area contributed by atoms with Crippen LogP contribution in [0.5, 0.6) is 0 Å². The molecular formula is C16H23NO3S. The van der Waals surface area contributed by atoms with E-state index in [0.29, 0.717) is 0 Å². The Balaban J connectivity index is 2.01. The Hall–Kier alpha value is -1.36. The van der Waals surface area contributed by atoms with Gasteiger partial charge in [-0.1, -0.05) is 25.1 Å². The quantitative estimate of drug-likeness (QED) is 0.905. The first-order valence-corrected chi connectivity index (χ1v) is 9.42. The molecule has 0 saturated carbocycles. The summed E-state index contributed by atoms with van der Waals surface area (Å²) in [4.78, 5) is 12.1. The lowest BCUT2D eigenvalue weighted by Crippen LogP contribution is -2.34. The van der Waals surface area contributed by atoms with Gasteiger partial charge in [0.2, 0.25) is 5.91 Å². The third kappa shape index (κ3) is 4.30. The number of fused-ring (bicyclic) bond motifs is 1. The van der Waals surface area contributed by atoms with Crippen LogP contribution in [0.3, 0.4) is 0 Å². The van der Waals surface area contributed by atoms with Gasteiger partial charge in [0.15, 0.2) is 0 Å². The van der Waals surface area contributed by atoms with E-state index in [9.17, 15) is 13.2 Å². The Kier molecular flexibility index (Phi) is 4.71. The van der Waals surface area contributed by atoms with Crippen LogP contribution < -0.4 is 5.32 Å². The summed E-state index contributed by atoms with van der Waals surface area (Å²) in [7, 11) is -3.14. The molecule has 2 atom stereocenters. The summed E-state index contributed by atoms with van der Waals surface area (Å²) in [5.41, 5.74) is 3.86. The van der Waals surface area contributed by atoms with Gasteiger partial charge in [0, 0.05) is 12.2 Å². The number of rotatable bonds is 5. The van der Waals surface area contributed by atoms with Crippen molar-refractivity contribution in [3.8, 4) is 0 Å². The third-order valence-corrected chi connectivity index (χ3v) is 5.09. The van der Waals surface area contributed by atoms with Gasteiger partial charge in [-0.05, 0) is 42.9 Å². The Morgan fingerprint density at radius 1 is 1.24 bits per heavy atom. The molecule has 0 heterocycles. The smallest absolute Gasteiger partial charge is 0.224 e. The Morgan fingerprint density at radius 2 is 1.90 bits per heavy atom. The summed E-state index contributed by atoms with van der Waals surface area (Å²) in [5, 5.41) is 2.91. The van der Waals surface area contributed by atoms with E-state index in [1.165, 1.54) is 17.5 Å². The highest BCUT2D eigenvalue weighted by Gasteiger charge is 2.21. The molecule has 1 aliphatic carbocycles. The van der Waals surface area contributed by atoms with Crippen molar-refractivity contribution in [2.45, 2.75) is 39.2 Å². The average Bonchev–Trinajstić information content (AvgIpc) is 2.83. The van der Waals surface area contributed by atoms with Gasteiger partial charge in [-0.2, -0.15) is 0 Å². The molecule has 1 aromatic carbocycles. The minimum Gasteiger partial charge on any atom is -0.349 e. The molecule has 21 heavy (non-hydrogen) atoms. The zero-order valence-electron chi connectivity index (χ0n) is 12.8. The first-order valence-electron chi connectivity index (χ1n) is 7.36. The summed E-state index contributed by atoms with van der Waals surface area (Å²) >= 11 is 0. The number of sulfone groups is 1. The van der Waals surface area contributed by atoms with Crippen LogP contribution in [0.1, 0.15) is 43.0 Å². The standard InChI is InChI=1S/C16H23NO3S/c1-11(10-21(3,19)20)16(18)17-12(2)14-8-7-13-5-4-6-15(13)9-14/h7-9,11-12H,4-6,10H2,1-3H3,(H,17,18)/t11-,12-/m0/s1. The second-order valence-corrected chi connectivity index (χ2v) is 8.29. The van der Waals surface area contributed by atoms with Crippen LogP contribution in [0.25, 0.3) is 0 Å². The van der Waals surface area contributed by atoms with Gasteiger partial charge in [0.25, 0.3) is 0 Å². The van der Waals surface area contributed by atoms with Crippen LogP contribution in [0.4, 0.5) is 0 Å². The molecule has 0 spiro atoms. The van der Waals surface area contributed by atoms with Crippen molar-refractivity contribution in [2.24, 2.45) is 5.92 Å². The van der Waals surface area contributed by atoms with Crippen molar-refractivity contribution < 1.29 is 13.2 Å². The maximum absolute atomic E-state index is 12.1. The van der Waals surface area contributed by atoms with E-state index >= 15 is 0 Å². The number of aryl methyl sites for hydroxylation is 2. The monoisotopic (exact) mass is 309 g/mol. The van der Waals surface area contributed by atoms with Crippen LogP contribution in [-0.2, 0) is 27.5 Å². The fourth-order valence-corrected chi connectivity index (χ4v) is 3.89. The molecular weight excluding hydrogens is 286 g/mol.